The smallest absolute Gasteiger partial charge is 0.254 e. The summed E-state index contributed by atoms with van der Waals surface area (Å²) in [5.41, 5.74) is 2.85. The minimum atomic E-state index is -0.764. The first kappa shape index (κ1) is 21.9. The summed E-state index contributed by atoms with van der Waals surface area (Å²) in [6.45, 7) is 0.395. The van der Waals surface area contributed by atoms with Gasteiger partial charge in [-0.3, -0.25) is 9.59 Å². The van der Waals surface area contributed by atoms with Crippen molar-refractivity contribution in [1.82, 2.24) is 10.2 Å². The molecule has 1 aliphatic heterocycles. The molecule has 2 atom stereocenters. The molecule has 3 N–H and O–H groups in total. The van der Waals surface area contributed by atoms with Gasteiger partial charge in [0.2, 0.25) is 5.91 Å². The molecule has 0 bridgehead atoms. The Bertz CT molecular complexity index is 1130. The first-order valence-electron chi connectivity index (χ1n) is 10.3. The zero-order chi connectivity index (χ0) is 22.7. The Labute approximate surface area is 191 Å². The highest BCUT2D eigenvalue weighted by atomic mass is 35.5. The van der Waals surface area contributed by atoms with Gasteiger partial charge >= 0.3 is 0 Å². The van der Waals surface area contributed by atoms with Crippen molar-refractivity contribution in [3.05, 3.63) is 88.9 Å². The zero-order valence-corrected chi connectivity index (χ0v) is 18.0. The fraction of sp³-hybridized carbons (Fsp3) is 0.200. The van der Waals surface area contributed by atoms with Crippen molar-refractivity contribution >= 4 is 23.4 Å². The number of amides is 2. The number of aliphatic hydroxyl groups is 1. The number of β-amino-alcohol motifs (C(OH)–C–C–N with tert-alkyl or cyclic N) is 1. The highest BCUT2D eigenvalue weighted by molar-refractivity contribution is 6.30. The lowest BCUT2D eigenvalue weighted by molar-refractivity contribution is -0.125. The number of nitrogens with zero attached hydrogens (tertiary/aromatic N) is 1. The molecule has 0 aliphatic carbocycles. The molecule has 2 amide bonds. The number of halogens is 1. The van der Waals surface area contributed by atoms with Crippen molar-refractivity contribution < 1.29 is 19.8 Å². The molecular formula is C25H23ClN2O4. The van der Waals surface area contributed by atoms with Gasteiger partial charge in [0, 0.05) is 30.1 Å². The van der Waals surface area contributed by atoms with E-state index in [1.165, 1.54) is 4.90 Å². The number of hydrogen-bond donors (Lipinski definition) is 3. The number of carbonyl (C=O) groups is 2. The van der Waals surface area contributed by atoms with Crippen molar-refractivity contribution in [2.24, 2.45) is 0 Å². The molecule has 0 saturated carbocycles. The highest BCUT2D eigenvalue weighted by Gasteiger charge is 2.39. The number of carbonyl (C=O) groups excluding carboxylic acids is 2. The summed E-state index contributed by atoms with van der Waals surface area (Å²) in [6, 6.07) is 20.2. The summed E-state index contributed by atoms with van der Waals surface area (Å²) in [5, 5.41) is 23.4. The first-order valence-corrected chi connectivity index (χ1v) is 10.7. The maximum absolute atomic E-state index is 13.2. The van der Waals surface area contributed by atoms with Crippen LogP contribution in [0.25, 0.3) is 11.1 Å². The number of benzene rings is 3. The lowest BCUT2D eigenvalue weighted by atomic mass is 10.0. The van der Waals surface area contributed by atoms with E-state index in [4.69, 9.17) is 11.6 Å². The van der Waals surface area contributed by atoms with Crippen molar-refractivity contribution in [1.29, 1.82) is 0 Å². The van der Waals surface area contributed by atoms with Gasteiger partial charge in [-0.1, -0.05) is 48.0 Å². The van der Waals surface area contributed by atoms with E-state index in [2.05, 4.69) is 5.32 Å². The lowest BCUT2D eigenvalue weighted by Crippen LogP contribution is -2.45. The number of nitrogens with one attached hydrogen (secondary N) is 1. The SMILES string of the molecule is O=C(NCc1ccc(Cl)cc1)C1CC(O)CN1C(=O)c1cccc(-c2cccc(O)c2)c1. The van der Waals surface area contributed by atoms with Crippen molar-refractivity contribution in [2.45, 2.75) is 25.1 Å². The van der Waals surface area contributed by atoms with Crippen LogP contribution in [0, 0.1) is 0 Å². The fourth-order valence-electron chi connectivity index (χ4n) is 3.88. The van der Waals surface area contributed by atoms with Crippen molar-refractivity contribution in [3.8, 4) is 16.9 Å². The van der Waals surface area contributed by atoms with Gasteiger partial charge in [0.1, 0.15) is 11.8 Å². The second-order valence-electron chi connectivity index (χ2n) is 7.84. The number of hydrogen-bond acceptors (Lipinski definition) is 4. The molecule has 1 aliphatic rings. The molecule has 7 heteroatoms. The van der Waals surface area contributed by atoms with Crippen LogP contribution in [0.15, 0.2) is 72.8 Å². The standard InChI is InChI=1S/C25H23ClN2O4/c26-20-9-7-16(8-10-20)14-27-24(31)23-13-22(30)15-28(23)25(32)19-5-1-3-17(11-19)18-4-2-6-21(29)12-18/h1-12,22-23,29-30H,13-15H2,(H,27,31). The Morgan fingerprint density at radius 3 is 2.41 bits per heavy atom. The maximum atomic E-state index is 13.2. The van der Waals surface area contributed by atoms with Gasteiger partial charge in [-0.15, -0.1) is 0 Å². The summed E-state index contributed by atoms with van der Waals surface area (Å²) >= 11 is 5.89. The van der Waals surface area contributed by atoms with Crippen molar-refractivity contribution in [3.63, 3.8) is 0 Å². The van der Waals surface area contributed by atoms with Crippen LogP contribution in [-0.2, 0) is 11.3 Å². The maximum Gasteiger partial charge on any atom is 0.254 e. The molecule has 1 heterocycles. The van der Waals surface area contributed by atoms with Gasteiger partial charge in [0.05, 0.1) is 6.10 Å². The third-order valence-corrected chi connectivity index (χ3v) is 5.76. The lowest BCUT2D eigenvalue weighted by Gasteiger charge is -2.24. The average molecular weight is 451 g/mol. The fourth-order valence-corrected chi connectivity index (χ4v) is 4.01. The number of rotatable bonds is 5. The van der Waals surface area contributed by atoms with Gasteiger partial charge in [0.15, 0.2) is 0 Å². The van der Waals surface area contributed by atoms with E-state index in [0.717, 1.165) is 16.7 Å². The molecular weight excluding hydrogens is 428 g/mol. The number of phenolic OH excluding ortho intramolecular Hbond substituents is 1. The van der Waals surface area contributed by atoms with E-state index in [0.29, 0.717) is 17.1 Å². The molecule has 4 rings (SSSR count). The molecule has 3 aromatic rings. The Kier molecular flexibility index (Phi) is 6.44. The minimum Gasteiger partial charge on any atom is -0.508 e. The summed E-state index contributed by atoms with van der Waals surface area (Å²) in [6.07, 6.45) is -0.579. The Hall–Kier alpha value is -3.35. The van der Waals surface area contributed by atoms with Gasteiger partial charge in [-0.2, -0.15) is 0 Å². The van der Waals surface area contributed by atoms with Crippen LogP contribution in [0.3, 0.4) is 0 Å². The predicted molar refractivity (Wildman–Crippen MR) is 122 cm³/mol. The van der Waals surface area contributed by atoms with Crippen LogP contribution in [0.5, 0.6) is 5.75 Å². The van der Waals surface area contributed by atoms with E-state index < -0.39 is 12.1 Å². The van der Waals surface area contributed by atoms with Crippen LogP contribution in [0.1, 0.15) is 22.3 Å². The van der Waals surface area contributed by atoms with Crippen LogP contribution in [0.2, 0.25) is 5.02 Å². The summed E-state index contributed by atoms with van der Waals surface area (Å²) in [4.78, 5) is 27.5. The third-order valence-electron chi connectivity index (χ3n) is 5.51. The van der Waals surface area contributed by atoms with E-state index in [1.807, 2.05) is 24.3 Å². The van der Waals surface area contributed by atoms with Gasteiger partial charge < -0.3 is 20.4 Å². The second kappa shape index (κ2) is 9.42. The van der Waals surface area contributed by atoms with Crippen LogP contribution in [-0.4, -0.2) is 45.6 Å². The van der Waals surface area contributed by atoms with Crippen LogP contribution >= 0.6 is 11.6 Å². The largest absolute Gasteiger partial charge is 0.508 e. The molecule has 1 fully saturated rings. The molecule has 164 valence electrons. The molecule has 6 nitrogen and oxygen atoms in total. The number of phenols is 1. The summed E-state index contributed by atoms with van der Waals surface area (Å²) in [5.74, 6) is -0.497. The number of aromatic hydroxyl groups is 1. The van der Waals surface area contributed by atoms with E-state index in [-0.39, 0.29) is 30.5 Å². The van der Waals surface area contributed by atoms with E-state index in [9.17, 15) is 19.8 Å². The predicted octanol–water partition coefficient (Wildman–Crippen LogP) is 3.60. The minimum absolute atomic E-state index is 0.0915. The average Bonchev–Trinajstić information content (AvgIpc) is 3.20. The monoisotopic (exact) mass is 450 g/mol. The number of aliphatic hydroxyl groups excluding tert-OH is 1. The van der Waals surface area contributed by atoms with Gasteiger partial charge in [0.25, 0.3) is 5.91 Å². The van der Waals surface area contributed by atoms with Gasteiger partial charge in [-0.25, -0.2) is 0 Å². The molecule has 0 aromatic heterocycles. The molecule has 2 unspecified atom stereocenters. The Morgan fingerprint density at radius 2 is 1.69 bits per heavy atom. The van der Waals surface area contributed by atoms with Gasteiger partial charge in [-0.05, 0) is 53.1 Å². The van der Waals surface area contributed by atoms with Crippen molar-refractivity contribution in [2.75, 3.05) is 6.54 Å². The quantitative estimate of drug-likeness (QED) is 0.554. The Balaban J connectivity index is 1.50. The molecule has 3 aromatic carbocycles. The van der Waals surface area contributed by atoms with Crippen LogP contribution in [0.4, 0.5) is 0 Å². The third kappa shape index (κ3) is 4.93. The summed E-state index contributed by atoms with van der Waals surface area (Å²) in [7, 11) is 0. The molecule has 32 heavy (non-hydrogen) atoms. The molecule has 1 saturated heterocycles. The Morgan fingerprint density at radius 1 is 1.00 bits per heavy atom. The highest BCUT2D eigenvalue weighted by Crippen LogP contribution is 2.26. The van der Waals surface area contributed by atoms with Crippen LogP contribution < -0.4 is 5.32 Å². The number of likely N-dealkylation sites (tertiary alicyclic amines) is 1. The normalized spacial score (nSPS) is 17.9. The van der Waals surface area contributed by atoms with E-state index >= 15 is 0 Å². The molecule has 0 spiro atoms. The first-order chi connectivity index (χ1) is 15.4. The summed E-state index contributed by atoms with van der Waals surface area (Å²) < 4.78 is 0. The zero-order valence-electron chi connectivity index (χ0n) is 17.2. The molecule has 0 radical (unpaired) electrons. The second-order valence-corrected chi connectivity index (χ2v) is 8.27. The topological polar surface area (TPSA) is 89.9 Å². The van der Waals surface area contributed by atoms with E-state index in [1.54, 1.807) is 48.5 Å².